The van der Waals surface area contributed by atoms with Crippen LogP contribution in [0.25, 0.3) is 0 Å². The zero-order chi connectivity index (χ0) is 24.2. The van der Waals surface area contributed by atoms with Crippen LogP contribution in [-0.4, -0.2) is 39.2 Å². The predicted molar refractivity (Wildman–Crippen MR) is 126 cm³/mol. The smallest absolute Gasteiger partial charge is 0.271 e. The lowest BCUT2D eigenvalue weighted by atomic mass is 9.89. The molecule has 0 heterocycles. The van der Waals surface area contributed by atoms with Gasteiger partial charge in [0.05, 0.1) is 24.3 Å². The number of amides is 1. The molecule has 9 nitrogen and oxygen atoms in total. The number of rotatable bonds is 9. The third kappa shape index (κ3) is 5.81. The highest BCUT2D eigenvalue weighted by Gasteiger charge is 2.27. The van der Waals surface area contributed by atoms with E-state index in [-0.39, 0.29) is 23.2 Å². The number of carbonyl (C=O) groups excluding carboxylic acids is 1. The van der Waals surface area contributed by atoms with Crippen LogP contribution in [0.4, 0.5) is 11.4 Å². The number of ether oxygens (including phenoxy) is 1. The quantitative estimate of drug-likeness (QED) is 0.438. The Kier molecular flexibility index (Phi) is 7.57. The lowest BCUT2D eigenvalue weighted by Crippen LogP contribution is -2.41. The summed E-state index contributed by atoms with van der Waals surface area (Å²) in [5, 5.41) is 14.1. The Bertz CT molecular complexity index is 1150. The largest absolute Gasteiger partial charge is 0.495 e. The van der Waals surface area contributed by atoms with Gasteiger partial charge in [-0.2, -0.15) is 0 Å². The highest BCUT2D eigenvalue weighted by molar-refractivity contribution is 7.92. The number of non-ortho nitro benzene ring substituents is 1. The first-order valence-corrected chi connectivity index (χ1v) is 12.7. The van der Waals surface area contributed by atoms with Gasteiger partial charge in [-0.25, -0.2) is 8.42 Å². The zero-order valence-electron chi connectivity index (χ0n) is 19.0. The van der Waals surface area contributed by atoms with Gasteiger partial charge in [-0.15, -0.1) is 0 Å². The molecule has 0 saturated heterocycles. The summed E-state index contributed by atoms with van der Waals surface area (Å²) in [7, 11) is -2.61. The monoisotopic (exact) mass is 475 g/mol. The third-order valence-corrected chi connectivity index (χ3v) is 6.97. The number of nitro benzene ring substituents is 1. The van der Waals surface area contributed by atoms with Gasteiger partial charge in [-0.05, 0) is 54.9 Å². The molecule has 1 N–H and O–H groups in total. The molecule has 2 aromatic carbocycles. The minimum atomic E-state index is -3.94. The molecule has 0 saturated carbocycles. The van der Waals surface area contributed by atoms with Gasteiger partial charge in [0.15, 0.2) is 0 Å². The van der Waals surface area contributed by atoms with Crippen LogP contribution < -0.4 is 14.4 Å². The lowest BCUT2D eigenvalue weighted by molar-refractivity contribution is -0.384. The molecule has 0 spiro atoms. The second-order valence-electron chi connectivity index (χ2n) is 8.15. The highest BCUT2D eigenvalue weighted by atomic mass is 32.2. The van der Waals surface area contributed by atoms with E-state index in [1.165, 1.54) is 36.8 Å². The van der Waals surface area contributed by atoms with Gasteiger partial charge in [0.25, 0.3) is 5.69 Å². The molecule has 0 fully saturated rings. The molecule has 0 radical (unpaired) electrons. The van der Waals surface area contributed by atoms with E-state index < -0.39 is 27.4 Å². The van der Waals surface area contributed by atoms with Gasteiger partial charge >= 0.3 is 0 Å². The lowest BCUT2D eigenvalue weighted by Gasteiger charge is -2.26. The number of methoxy groups -OCH3 is 1. The van der Waals surface area contributed by atoms with Crippen LogP contribution in [0.3, 0.4) is 0 Å². The molecule has 2 aromatic rings. The van der Waals surface area contributed by atoms with Crippen LogP contribution in [0.1, 0.15) is 48.9 Å². The number of hydrogen-bond acceptors (Lipinski definition) is 6. The van der Waals surface area contributed by atoms with Crippen molar-refractivity contribution in [2.24, 2.45) is 0 Å². The molecular weight excluding hydrogens is 446 g/mol. The average molecular weight is 476 g/mol. The first kappa shape index (κ1) is 24.5. The maximum absolute atomic E-state index is 12.9. The van der Waals surface area contributed by atoms with Crippen LogP contribution in [0.15, 0.2) is 36.4 Å². The summed E-state index contributed by atoms with van der Waals surface area (Å²) in [4.78, 5) is 23.5. The van der Waals surface area contributed by atoms with E-state index in [1.807, 2.05) is 13.0 Å². The summed E-state index contributed by atoms with van der Waals surface area (Å²) in [5.74, 6) is -0.404. The molecular formula is C23H29N3O6S. The number of nitro groups is 1. The number of anilines is 1. The summed E-state index contributed by atoms with van der Waals surface area (Å²) in [6, 6.07) is 9.58. The van der Waals surface area contributed by atoms with Crippen molar-refractivity contribution in [3.8, 4) is 5.75 Å². The van der Waals surface area contributed by atoms with Gasteiger partial charge in [0.2, 0.25) is 15.9 Å². The van der Waals surface area contributed by atoms with Crippen molar-refractivity contribution >= 4 is 27.3 Å². The Morgan fingerprint density at radius 2 is 1.88 bits per heavy atom. The normalized spacial score (nSPS) is 14.2. The topological polar surface area (TPSA) is 119 Å². The molecule has 0 unspecified atom stereocenters. The number of benzene rings is 2. The number of sulfonamides is 1. The fraction of sp³-hybridized carbons (Fsp3) is 0.435. The Balaban J connectivity index is 1.85. The molecule has 178 valence electrons. The summed E-state index contributed by atoms with van der Waals surface area (Å²) < 4.78 is 31.1. The second-order valence-corrected chi connectivity index (χ2v) is 10.1. The molecule has 1 atom stereocenters. The molecule has 0 aromatic heterocycles. The first-order chi connectivity index (χ1) is 15.6. The van der Waals surface area contributed by atoms with E-state index in [0.717, 1.165) is 41.5 Å². The summed E-state index contributed by atoms with van der Waals surface area (Å²) in [6.45, 7) is 1.42. The van der Waals surface area contributed by atoms with E-state index in [2.05, 4.69) is 17.4 Å². The Morgan fingerprint density at radius 3 is 2.48 bits per heavy atom. The van der Waals surface area contributed by atoms with Gasteiger partial charge in [0.1, 0.15) is 18.0 Å². The average Bonchev–Trinajstić information content (AvgIpc) is 2.79. The zero-order valence-corrected chi connectivity index (χ0v) is 19.9. The molecule has 0 bridgehead atoms. The minimum Gasteiger partial charge on any atom is -0.495 e. The Labute approximate surface area is 193 Å². The van der Waals surface area contributed by atoms with E-state index in [0.29, 0.717) is 6.42 Å². The van der Waals surface area contributed by atoms with Crippen molar-refractivity contribution < 1.29 is 22.9 Å². The van der Waals surface area contributed by atoms with E-state index >= 15 is 0 Å². The number of fused-ring (bicyclic) bond motifs is 1. The minimum absolute atomic E-state index is 0.0637. The maximum Gasteiger partial charge on any atom is 0.271 e. The first-order valence-electron chi connectivity index (χ1n) is 10.8. The van der Waals surface area contributed by atoms with Crippen LogP contribution in [0, 0.1) is 10.1 Å². The molecule has 3 rings (SSSR count). The molecule has 1 aliphatic rings. The van der Waals surface area contributed by atoms with Gasteiger partial charge < -0.3 is 10.1 Å². The van der Waals surface area contributed by atoms with Crippen LogP contribution in [0.5, 0.6) is 5.75 Å². The third-order valence-electron chi connectivity index (χ3n) is 5.85. The van der Waals surface area contributed by atoms with E-state index in [9.17, 15) is 23.3 Å². The number of nitrogens with zero attached hydrogens (tertiary/aromatic N) is 2. The number of hydrogen-bond donors (Lipinski definition) is 1. The van der Waals surface area contributed by atoms with Crippen LogP contribution in [-0.2, 0) is 27.7 Å². The fourth-order valence-corrected chi connectivity index (χ4v) is 4.98. The van der Waals surface area contributed by atoms with Crippen molar-refractivity contribution in [1.29, 1.82) is 0 Å². The van der Waals surface area contributed by atoms with Crippen LogP contribution >= 0.6 is 0 Å². The molecule has 1 aliphatic carbocycles. The second kappa shape index (κ2) is 10.2. The highest BCUT2D eigenvalue weighted by Crippen LogP contribution is 2.34. The predicted octanol–water partition coefficient (Wildman–Crippen LogP) is 3.52. The van der Waals surface area contributed by atoms with E-state index in [1.54, 1.807) is 0 Å². The number of aryl methyl sites for hydroxylation is 2. The summed E-state index contributed by atoms with van der Waals surface area (Å²) in [5.41, 5.74) is 3.25. The Morgan fingerprint density at radius 1 is 1.18 bits per heavy atom. The molecule has 0 aliphatic heterocycles. The SMILES string of the molecule is CC[C@H](NC(=O)CN(c1cc([N+](=O)[O-])ccc1OC)S(C)(=O)=O)c1ccc2c(c1)CCCC2. The fourth-order valence-electron chi connectivity index (χ4n) is 4.13. The van der Waals surface area contributed by atoms with Crippen molar-refractivity contribution in [2.45, 2.75) is 45.1 Å². The van der Waals surface area contributed by atoms with E-state index in [4.69, 9.17) is 4.74 Å². The molecule has 10 heteroatoms. The summed E-state index contributed by atoms with van der Waals surface area (Å²) in [6.07, 6.45) is 5.98. The van der Waals surface area contributed by atoms with Gasteiger partial charge in [0, 0.05) is 12.1 Å². The van der Waals surface area contributed by atoms with Gasteiger partial charge in [-0.3, -0.25) is 19.2 Å². The molecule has 1 amide bonds. The van der Waals surface area contributed by atoms with Crippen molar-refractivity contribution in [1.82, 2.24) is 5.32 Å². The summed E-state index contributed by atoms with van der Waals surface area (Å²) >= 11 is 0. The van der Waals surface area contributed by atoms with Crippen LogP contribution in [0.2, 0.25) is 0 Å². The van der Waals surface area contributed by atoms with Crippen molar-refractivity contribution in [3.63, 3.8) is 0 Å². The maximum atomic E-state index is 12.9. The van der Waals surface area contributed by atoms with Crippen molar-refractivity contribution in [3.05, 3.63) is 63.2 Å². The number of carbonyl (C=O) groups is 1. The Hall–Kier alpha value is -3.14. The molecule has 33 heavy (non-hydrogen) atoms. The van der Waals surface area contributed by atoms with Gasteiger partial charge in [-0.1, -0.05) is 25.1 Å². The number of nitrogens with one attached hydrogen (secondary N) is 1. The standard InChI is InChI=1S/C23H29N3O6S/c1-4-20(18-10-9-16-7-5-6-8-17(16)13-18)24-23(27)15-25(33(3,30)31)21-14-19(26(28)29)11-12-22(21)32-2/h9-14,20H,4-8,15H2,1-3H3,(H,24,27)/t20-/m0/s1. The van der Waals surface area contributed by atoms with Crippen molar-refractivity contribution in [2.75, 3.05) is 24.2 Å².